The highest BCUT2D eigenvalue weighted by molar-refractivity contribution is 9.10. The van der Waals surface area contributed by atoms with Gasteiger partial charge in [-0.25, -0.2) is 0 Å². The van der Waals surface area contributed by atoms with Crippen molar-refractivity contribution in [1.82, 2.24) is 5.32 Å². The van der Waals surface area contributed by atoms with Crippen LogP contribution in [0.3, 0.4) is 0 Å². The molecule has 0 aliphatic heterocycles. The van der Waals surface area contributed by atoms with Crippen molar-refractivity contribution in [1.29, 1.82) is 0 Å². The fourth-order valence-electron chi connectivity index (χ4n) is 2.76. The van der Waals surface area contributed by atoms with E-state index in [1.165, 1.54) is 7.05 Å². The number of hydrogen-bond acceptors (Lipinski definition) is 4. The quantitative estimate of drug-likeness (QED) is 0.459. The summed E-state index contributed by atoms with van der Waals surface area (Å²) in [6.07, 6.45) is 0. The van der Waals surface area contributed by atoms with Crippen molar-refractivity contribution < 1.29 is 19.1 Å². The fourth-order valence-corrected chi connectivity index (χ4v) is 3.36. The van der Waals surface area contributed by atoms with E-state index in [9.17, 15) is 14.4 Å². The van der Waals surface area contributed by atoms with Crippen LogP contribution in [0.4, 0.5) is 5.69 Å². The first-order valence-corrected chi connectivity index (χ1v) is 10.4. The second kappa shape index (κ2) is 10.2. The van der Waals surface area contributed by atoms with Gasteiger partial charge in [-0.15, -0.1) is 0 Å². The van der Waals surface area contributed by atoms with Crippen molar-refractivity contribution in [3.63, 3.8) is 0 Å². The van der Waals surface area contributed by atoms with Gasteiger partial charge < -0.3 is 15.4 Å². The Balaban J connectivity index is 1.59. The number of hydrogen-bond donors (Lipinski definition) is 2. The molecule has 0 fully saturated rings. The Kier molecular flexibility index (Phi) is 7.44. The SMILES string of the molecule is CNC(=O)c1cccc(NC(=O)COc2ccc(C(=O)c3cc(Cl)ccc3Br)cc2)c1. The van der Waals surface area contributed by atoms with E-state index in [0.717, 1.165) is 0 Å². The smallest absolute Gasteiger partial charge is 0.262 e. The highest BCUT2D eigenvalue weighted by Gasteiger charge is 2.14. The Morgan fingerprint density at radius 2 is 1.71 bits per heavy atom. The van der Waals surface area contributed by atoms with E-state index in [1.807, 2.05) is 0 Å². The average Bonchev–Trinajstić information content (AvgIpc) is 2.78. The average molecular weight is 502 g/mol. The Morgan fingerprint density at radius 3 is 2.42 bits per heavy atom. The van der Waals surface area contributed by atoms with Crippen molar-refractivity contribution in [2.45, 2.75) is 0 Å². The molecule has 6 nitrogen and oxygen atoms in total. The Labute approximate surface area is 192 Å². The summed E-state index contributed by atoms with van der Waals surface area (Å²) in [5.74, 6) is -0.366. The van der Waals surface area contributed by atoms with Gasteiger partial charge in [0.15, 0.2) is 12.4 Å². The molecule has 0 aromatic heterocycles. The summed E-state index contributed by atoms with van der Waals surface area (Å²) in [6.45, 7) is -0.225. The number of carbonyl (C=O) groups is 3. The zero-order chi connectivity index (χ0) is 22.4. The Hall–Kier alpha value is -3.16. The molecule has 0 heterocycles. The maximum atomic E-state index is 12.7. The minimum absolute atomic E-state index is 0.185. The summed E-state index contributed by atoms with van der Waals surface area (Å²) in [5.41, 5.74) is 1.85. The lowest BCUT2D eigenvalue weighted by atomic mass is 10.0. The summed E-state index contributed by atoms with van der Waals surface area (Å²) >= 11 is 9.34. The Morgan fingerprint density at radius 1 is 0.968 bits per heavy atom. The monoisotopic (exact) mass is 500 g/mol. The topological polar surface area (TPSA) is 84.5 Å². The van der Waals surface area contributed by atoms with Gasteiger partial charge in [0.1, 0.15) is 5.75 Å². The van der Waals surface area contributed by atoms with Crippen LogP contribution in [0.5, 0.6) is 5.75 Å². The molecule has 0 aliphatic carbocycles. The summed E-state index contributed by atoms with van der Waals surface area (Å²) in [6, 6.07) is 18.1. The third-order valence-electron chi connectivity index (χ3n) is 4.30. The maximum Gasteiger partial charge on any atom is 0.262 e. The summed E-state index contributed by atoms with van der Waals surface area (Å²) in [4.78, 5) is 36.5. The van der Waals surface area contributed by atoms with E-state index >= 15 is 0 Å². The number of rotatable bonds is 7. The normalized spacial score (nSPS) is 10.3. The zero-order valence-electron chi connectivity index (χ0n) is 16.4. The van der Waals surface area contributed by atoms with Crippen LogP contribution < -0.4 is 15.4 Å². The van der Waals surface area contributed by atoms with Gasteiger partial charge in [-0.3, -0.25) is 14.4 Å². The molecule has 0 spiro atoms. The van der Waals surface area contributed by atoms with E-state index in [-0.39, 0.29) is 24.2 Å². The van der Waals surface area contributed by atoms with Crippen molar-refractivity contribution >= 4 is 50.8 Å². The molecule has 8 heteroatoms. The van der Waals surface area contributed by atoms with Gasteiger partial charge in [0.05, 0.1) is 0 Å². The van der Waals surface area contributed by atoms with Crippen LogP contribution in [-0.2, 0) is 4.79 Å². The molecule has 0 atom stereocenters. The summed E-state index contributed by atoms with van der Waals surface area (Å²) in [5, 5.41) is 5.68. The number of ether oxygens (including phenoxy) is 1. The third-order valence-corrected chi connectivity index (χ3v) is 5.22. The van der Waals surface area contributed by atoms with Gasteiger partial charge in [-0.05, 0) is 60.7 Å². The van der Waals surface area contributed by atoms with E-state index in [2.05, 4.69) is 26.6 Å². The number of halogens is 2. The molecular weight excluding hydrogens is 484 g/mol. The molecule has 0 saturated carbocycles. The molecule has 0 aliphatic rings. The largest absolute Gasteiger partial charge is 0.484 e. The fraction of sp³-hybridized carbons (Fsp3) is 0.0870. The predicted molar refractivity (Wildman–Crippen MR) is 123 cm³/mol. The van der Waals surface area contributed by atoms with Crippen LogP contribution in [0.15, 0.2) is 71.2 Å². The number of anilines is 1. The van der Waals surface area contributed by atoms with Crippen LogP contribution in [0.25, 0.3) is 0 Å². The van der Waals surface area contributed by atoms with Crippen molar-refractivity contribution in [2.75, 3.05) is 19.0 Å². The minimum Gasteiger partial charge on any atom is -0.484 e. The zero-order valence-corrected chi connectivity index (χ0v) is 18.8. The van der Waals surface area contributed by atoms with Crippen LogP contribution in [-0.4, -0.2) is 31.3 Å². The number of nitrogens with one attached hydrogen (secondary N) is 2. The number of ketones is 1. The van der Waals surface area contributed by atoms with Crippen molar-refractivity contribution in [3.8, 4) is 5.75 Å². The molecule has 2 amide bonds. The van der Waals surface area contributed by atoms with Gasteiger partial charge in [-0.1, -0.05) is 33.6 Å². The highest BCUT2D eigenvalue weighted by Crippen LogP contribution is 2.24. The lowest BCUT2D eigenvalue weighted by molar-refractivity contribution is -0.118. The Bertz CT molecular complexity index is 1130. The molecule has 3 rings (SSSR count). The van der Waals surface area contributed by atoms with Gasteiger partial charge in [-0.2, -0.15) is 0 Å². The van der Waals surface area contributed by atoms with Crippen molar-refractivity contribution in [2.24, 2.45) is 0 Å². The lowest BCUT2D eigenvalue weighted by Gasteiger charge is -2.09. The van der Waals surface area contributed by atoms with Gasteiger partial charge in [0.2, 0.25) is 0 Å². The molecule has 0 unspecified atom stereocenters. The highest BCUT2D eigenvalue weighted by atomic mass is 79.9. The van der Waals surface area contributed by atoms with Crippen molar-refractivity contribution in [3.05, 3.63) is 92.9 Å². The molecule has 3 aromatic carbocycles. The first-order chi connectivity index (χ1) is 14.9. The van der Waals surface area contributed by atoms with E-state index in [0.29, 0.717) is 37.6 Å². The van der Waals surface area contributed by atoms with E-state index in [4.69, 9.17) is 16.3 Å². The molecule has 2 N–H and O–H groups in total. The number of amides is 2. The van der Waals surface area contributed by atoms with Crippen LogP contribution in [0.1, 0.15) is 26.3 Å². The molecular formula is C23H18BrClN2O4. The van der Waals surface area contributed by atoms with E-state index in [1.54, 1.807) is 66.7 Å². The second-order valence-electron chi connectivity index (χ2n) is 6.47. The summed E-state index contributed by atoms with van der Waals surface area (Å²) in [7, 11) is 1.54. The van der Waals surface area contributed by atoms with Crippen LogP contribution >= 0.6 is 27.5 Å². The number of carbonyl (C=O) groups excluding carboxylic acids is 3. The standard InChI is InChI=1S/C23H18BrClN2O4/c1-26-23(30)15-3-2-4-17(11-15)27-21(28)13-31-18-8-5-14(6-9-18)22(29)19-12-16(25)7-10-20(19)24/h2-12H,13H2,1H3,(H,26,30)(H,27,28). The third kappa shape index (κ3) is 5.93. The van der Waals surface area contributed by atoms with Crippen LogP contribution in [0, 0.1) is 0 Å². The molecule has 0 radical (unpaired) electrons. The maximum absolute atomic E-state index is 12.7. The summed E-state index contributed by atoms with van der Waals surface area (Å²) < 4.78 is 6.14. The van der Waals surface area contributed by atoms with Gasteiger partial charge in [0.25, 0.3) is 11.8 Å². The number of benzene rings is 3. The minimum atomic E-state index is -0.378. The van der Waals surface area contributed by atoms with Gasteiger partial charge in [0, 0.05) is 38.9 Å². The first-order valence-electron chi connectivity index (χ1n) is 9.22. The lowest BCUT2D eigenvalue weighted by Crippen LogP contribution is -2.21. The van der Waals surface area contributed by atoms with Gasteiger partial charge >= 0.3 is 0 Å². The predicted octanol–water partition coefficient (Wildman–Crippen LogP) is 4.71. The van der Waals surface area contributed by atoms with Crippen LogP contribution in [0.2, 0.25) is 5.02 Å². The van der Waals surface area contributed by atoms with E-state index < -0.39 is 0 Å². The molecule has 3 aromatic rings. The second-order valence-corrected chi connectivity index (χ2v) is 7.77. The molecule has 0 saturated heterocycles. The molecule has 31 heavy (non-hydrogen) atoms. The first kappa shape index (κ1) is 22.5. The molecule has 0 bridgehead atoms. The molecule has 158 valence electrons.